The Morgan fingerprint density at radius 3 is 2.56 bits per heavy atom. The van der Waals surface area contributed by atoms with Crippen molar-refractivity contribution in [1.29, 1.82) is 0 Å². The Bertz CT molecular complexity index is 851. The van der Waals surface area contributed by atoms with Crippen LogP contribution in [0.1, 0.15) is 24.0 Å². The number of hydrogen-bond acceptors (Lipinski definition) is 3. The zero-order valence-corrected chi connectivity index (χ0v) is 15.2. The molecule has 0 saturated heterocycles. The highest BCUT2D eigenvalue weighted by Crippen LogP contribution is 2.38. The molecule has 3 nitrogen and oxygen atoms in total. The molecule has 27 heavy (non-hydrogen) atoms. The molecule has 1 heterocycles. The molecule has 1 saturated carbocycles. The Balaban J connectivity index is 1.55. The second-order valence-electron chi connectivity index (χ2n) is 6.72. The van der Waals surface area contributed by atoms with Crippen LogP contribution in [0.3, 0.4) is 0 Å². The number of alkyl halides is 3. The van der Waals surface area contributed by atoms with Crippen LogP contribution in [-0.2, 0) is 17.5 Å². The van der Waals surface area contributed by atoms with Crippen molar-refractivity contribution in [1.82, 2.24) is 4.90 Å². The molecule has 1 fully saturated rings. The van der Waals surface area contributed by atoms with E-state index in [4.69, 9.17) is 4.74 Å². The molecule has 1 aliphatic carbocycles. The number of halogens is 3. The first-order valence-corrected chi connectivity index (χ1v) is 9.76. The first kappa shape index (κ1) is 18.2. The molecule has 2 aromatic carbocycles. The molecule has 0 N–H and O–H groups in total. The number of carbonyl (C=O) groups excluding carboxylic acids is 1. The van der Waals surface area contributed by atoms with Gasteiger partial charge in [0.05, 0.1) is 5.56 Å². The summed E-state index contributed by atoms with van der Waals surface area (Å²) in [6.45, 7) is -0.0502. The molecule has 1 atom stereocenters. The van der Waals surface area contributed by atoms with E-state index in [9.17, 15) is 18.0 Å². The normalized spacial score (nSPS) is 19.1. The number of hydrogen-bond donors (Lipinski definition) is 0. The molecular weight excluding hydrogens is 375 g/mol. The predicted octanol–water partition coefficient (Wildman–Crippen LogP) is 4.75. The van der Waals surface area contributed by atoms with Gasteiger partial charge < -0.3 is 9.64 Å². The lowest BCUT2D eigenvalue weighted by Crippen LogP contribution is -2.45. The van der Waals surface area contributed by atoms with E-state index in [0.29, 0.717) is 11.5 Å². The van der Waals surface area contributed by atoms with Crippen LogP contribution in [0, 0.1) is 0 Å². The number of para-hydroxylation sites is 1. The summed E-state index contributed by atoms with van der Waals surface area (Å²) in [4.78, 5) is 15.6. The number of ether oxygens (including phenoxy) is 1. The maximum Gasteiger partial charge on any atom is 0.416 e. The van der Waals surface area contributed by atoms with E-state index in [-0.39, 0.29) is 24.1 Å². The first-order valence-electron chi connectivity index (χ1n) is 8.77. The Hall–Kier alpha value is -2.15. The lowest BCUT2D eigenvalue weighted by molar-refractivity contribution is -0.142. The van der Waals surface area contributed by atoms with Crippen LogP contribution in [0.5, 0.6) is 5.75 Å². The van der Waals surface area contributed by atoms with Gasteiger partial charge in [0.15, 0.2) is 6.10 Å². The van der Waals surface area contributed by atoms with Crippen LogP contribution in [-0.4, -0.2) is 28.7 Å². The second kappa shape index (κ2) is 7.11. The minimum absolute atomic E-state index is 0.00967. The van der Waals surface area contributed by atoms with Gasteiger partial charge in [-0.1, -0.05) is 30.3 Å². The van der Waals surface area contributed by atoms with Gasteiger partial charge in [-0.2, -0.15) is 13.2 Å². The minimum atomic E-state index is -4.44. The molecule has 0 aromatic heterocycles. The van der Waals surface area contributed by atoms with Gasteiger partial charge in [-0.15, -0.1) is 11.8 Å². The second-order valence-corrected chi connectivity index (χ2v) is 7.78. The third-order valence-corrected chi connectivity index (χ3v) is 5.84. The molecule has 0 spiro atoms. The van der Waals surface area contributed by atoms with Crippen LogP contribution in [0.4, 0.5) is 13.2 Å². The molecule has 1 unspecified atom stereocenters. The number of nitrogens with zero attached hydrogens (tertiary/aromatic N) is 1. The average Bonchev–Trinajstić information content (AvgIpc) is 3.50. The number of amides is 1. The topological polar surface area (TPSA) is 29.5 Å². The zero-order valence-electron chi connectivity index (χ0n) is 14.4. The fourth-order valence-electron chi connectivity index (χ4n) is 3.22. The lowest BCUT2D eigenvalue weighted by atomic mass is 10.1. The molecule has 1 amide bonds. The maximum absolute atomic E-state index is 13.3. The van der Waals surface area contributed by atoms with E-state index in [2.05, 4.69) is 0 Å². The quantitative estimate of drug-likeness (QED) is 0.751. The molecule has 7 heteroatoms. The summed E-state index contributed by atoms with van der Waals surface area (Å²) in [7, 11) is 0. The molecule has 0 radical (unpaired) electrons. The van der Waals surface area contributed by atoms with Crippen molar-refractivity contribution in [3.05, 3.63) is 59.7 Å². The summed E-state index contributed by atoms with van der Waals surface area (Å²) in [6, 6.07) is 12.9. The Morgan fingerprint density at radius 1 is 1.11 bits per heavy atom. The van der Waals surface area contributed by atoms with Crippen molar-refractivity contribution in [3.8, 4) is 5.75 Å². The van der Waals surface area contributed by atoms with E-state index in [1.165, 1.54) is 23.9 Å². The van der Waals surface area contributed by atoms with E-state index < -0.39 is 17.8 Å². The molecule has 0 bridgehead atoms. The molecule has 2 aliphatic rings. The summed E-state index contributed by atoms with van der Waals surface area (Å²) < 4.78 is 45.8. The SMILES string of the molecule is O=C(C1CSc2ccccc2O1)N(Cc1ccccc1C(F)(F)F)C1CC1. The maximum atomic E-state index is 13.3. The minimum Gasteiger partial charge on any atom is -0.479 e. The number of rotatable bonds is 4. The van der Waals surface area contributed by atoms with Gasteiger partial charge in [0.25, 0.3) is 5.91 Å². The van der Waals surface area contributed by atoms with Gasteiger partial charge in [-0.05, 0) is 36.6 Å². The molecule has 4 rings (SSSR count). The van der Waals surface area contributed by atoms with Crippen LogP contribution in [0.25, 0.3) is 0 Å². The van der Waals surface area contributed by atoms with Crippen LogP contribution >= 0.6 is 11.8 Å². The highest BCUT2D eigenvalue weighted by Gasteiger charge is 2.40. The predicted molar refractivity (Wildman–Crippen MR) is 96.6 cm³/mol. The van der Waals surface area contributed by atoms with Crippen LogP contribution in [0.2, 0.25) is 0 Å². The van der Waals surface area contributed by atoms with Crippen molar-refractivity contribution >= 4 is 17.7 Å². The summed E-state index contributed by atoms with van der Waals surface area (Å²) in [5, 5.41) is 0. The highest BCUT2D eigenvalue weighted by molar-refractivity contribution is 7.99. The average molecular weight is 393 g/mol. The van der Waals surface area contributed by atoms with Crippen LogP contribution in [0.15, 0.2) is 53.4 Å². The van der Waals surface area contributed by atoms with E-state index in [0.717, 1.165) is 23.8 Å². The number of carbonyl (C=O) groups is 1. The van der Waals surface area contributed by atoms with Gasteiger partial charge in [-0.25, -0.2) is 0 Å². The number of fused-ring (bicyclic) bond motifs is 1. The third kappa shape index (κ3) is 3.93. The lowest BCUT2D eigenvalue weighted by Gasteiger charge is -2.31. The fourth-order valence-corrected chi connectivity index (χ4v) is 4.19. The largest absolute Gasteiger partial charge is 0.479 e. The molecule has 142 valence electrons. The summed E-state index contributed by atoms with van der Waals surface area (Å²) in [5.74, 6) is 0.870. The van der Waals surface area contributed by atoms with E-state index in [1.807, 2.05) is 24.3 Å². The van der Waals surface area contributed by atoms with Crippen molar-refractivity contribution in [2.45, 2.75) is 42.6 Å². The van der Waals surface area contributed by atoms with Gasteiger partial charge in [0.2, 0.25) is 0 Å². The summed E-state index contributed by atoms with van der Waals surface area (Å²) >= 11 is 1.54. The van der Waals surface area contributed by atoms with E-state index >= 15 is 0 Å². The van der Waals surface area contributed by atoms with Crippen molar-refractivity contribution in [2.24, 2.45) is 0 Å². The van der Waals surface area contributed by atoms with Crippen molar-refractivity contribution < 1.29 is 22.7 Å². The van der Waals surface area contributed by atoms with E-state index in [1.54, 1.807) is 11.0 Å². The van der Waals surface area contributed by atoms with Gasteiger partial charge in [0, 0.05) is 23.2 Å². The number of thioether (sulfide) groups is 1. The first-order chi connectivity index (χ1) is 12.9. The standard InChI is InChI=1S/C20H18F3NO2S/c21-20(22,23)15-6-2-1-5-13(15)11-24(14-9-10-14)19(25)17-12-27-18-8-4-3-7-16(18)26-17/h1-8,14,17H,9-12H2. The van der Waals surface area contributed by atoms with Crippen molar-refractivity contribution in [3.63, 3.8) is 0 Å². The Labute approximate surface area is 159 Å². The number of benzene rings is 2. The third-order valence-electron chi connectivity index (χ3n) is 4.72. The summed E-state index contributed by atoms with van der Waals surface area (Å²) in [6.07, 6.45) is -3.49. The fraction of sp³-hybridized carbons (Fsp3) is 0.350. The van der Waals surface area contributed by atoms with Gasteiger partial charge >= 0.3 is 6.18 Å². The zero-order chi connectivity index (χ0) is 19.0. The monoisotopic (exact) mass is 393 g/mol. The van der Waals surface area contributed by atoms with Gasteiger partial charge in [0.1, 0.15) is 5.75 Å². The smallest absolute Gasteiger partial charge is 0.416 e. The molecule has 2 aromatic rings. The van der Waals surface area contributed by atoms with Crippen molar-refractivity contribution in [2.75, 3.05) is 5.75 Å². The highest BCUT2D eigenvalue weighted by atomic mass is 32.2. The Morgan fingerprint density at radius 2 is 1.81 bits per heavy atom. The van der Waals surface area contributed by atoms with Gasteiger partial charge in [-0.3, -0.25) is 4.79 Å². The molecular formula is C20H18F3NO2S. The molecule has 1 aliphatic heterocycles. The van der Waals surface area contributed by atoms with Crippen LogP contribution < -0.4 is 4.74 Å². The summed E-state index contributed by atoms with van der Waals surface area (Å²) in [5.41, 5.74) is -0.568. The Kier molecular flexibility index (Phi) is 4.80.